The van der Waals surface area contributed by atoms with Crippen molar-refractivity contribution in [3.63, 3.8) is 0 Å². The first-order valence-corrected chi connectivity index (χ1v) is 6.11. The fourth-order valence-electron chi connectivity index (χ4n) is 1.63. The number of H-pyrrole nitrogens is 1. The Morgan fingerprint density at radius 3 is 2.80 bits per heavy atom. The lowest BCUT2D eigenvalue weighted by Crippen LogP contribution is -2.15. The largest absolute Gasteiger partial charge is 0.496 e. The van der Waals surface area contributed by atoms with E-state index >= 15 is 0 Å². The predicted octanol–water partition coefficient (Wildman–Crippen LogP) is 1.84. The van der Waals surface area contributed by atoms with Crippen LogP contribution in [0.3, 0.4) is 0 Å². The normalized spacial score (nSPS) is 10.8. The first kappa shape index (κ1) is 13.8. The summed E-state index contributed by atoms with van der Waals surface area (Å²) in [5, 5.41) is 4.04. The van der Waals surface area contributed by atoms with Gasteiger partial charge in [-0.15, -0.1) is 0 Å². The smallest absolute Gasteiger partial charge is 0.255 e. The van der Waals surface area contributed by atoms with Gasteiger partial charge in [0.2, 0.25) is 5.95 Å². The van der Waals surface area contributed by atoms with E-state index in [-0.39, 0.29) is 5.56 Å². The molecule has 0 aliphatic rings. The van der Waals surface area contributed by atoms with E-state index in [2.05, 4.69) is 20.5 Å². The third-order valence-electron chi connectivity index (χ3n) is 2.91. The second kappa shape index (κ2) is 6.01. The van der Waals surface area contributed by atoms with Crippen LogP contribution in [0.15, 0.2) is 34.2 Å². The molecule has 0 radical (unpaired) electrons. The summed E-state index contributed by atoms with van der Waals surface area (Å²) in [6.45, 7) is 3.50. The molecule has 0 aliphatic carbocycles. The predicted molar refractivity (Wildman–Crippen MR) is 78.5 cm³/mol. The fourth-order valence-corrected chi connectivity index (χ4v) is 1.63. The van der Waals surface area contributed by atoms with Gasteiger partial charge in [0.1, 0.15) is 5.75 Å². The molecule has 6 nitrogen and oxygen atoms in total. The molecule has 0 aliphatic heterocycles. The minimum atomic E-state index is -0.174. The van der Waals surface area contributed by atoms with Gasteiger partial charge in [-0.25, -0.2) is 10.4 Å². The molecule has 104 valence electrons. The van der Waals surface area contributed by atoms with Crippen LogP contribution in [0.5, 0.6) is 5.75 Å². The van der Waals surface area contributed by atoms with Gasteiger partial charge < -0.3 is 4.74 Å². The number of hydrogen-bond donors (Lipinski definition) is 2. The highest BCUT2D eigenvalue weighted by Gasteiger charge is 2.02. The highest BCUT2D eigenvalue weighted by Crippen LogP contribution is 2.14. The summed E-state index contributed by atoms with van der Waals surface area (Å²) >= 11 is 0. The average molecular weight is 272 g/mol. The van der Waals surface area contributed by atoms with E-state index in [4.69, 9.17) is 4.74 Å². The summed E-state index contributed by atoms with van der Waals surface area (Å²) < 4.78 is 5.21. The van der Waals surface area contributed by atoms with E-state index < -0.39 is 0 Å². The van der Waals surface area contributed by atoms with Gasteiger partial charge in [-0.3, -0.25) is 9.78 Å². The summed E-state index contributed by atoms with van der Waals surface area (Å²) in [7, 11) is 1.60. The van der Waals surface area contributed by atoms with E-state index in [0.29, 0.717) is 17.2 Å². The average Bonchev–Trinajstić information content (AvgIpc) is 2.45. The molecule has 0 bridgehead atoms. The highest BCUT2D eigenvalue weighted by atomic mass is 16.5. The topological polar surface area (TPSA) is 79.4 Å². The molecule has 0 fully saturated rings. The van der Waals surface area contributed by atoms with E-state index in [1.807, 2.05) is 24.3 Å². The maximum Gasteiger partial charge on any atom is 0.255 e. The van der Waals surface area contributed by atoms with Gasteiger partial charge in [0.25, 0.3) is 5.56 Å². The zero-order chi connectivity index (χ0) is 14.5. The molecule has 2 aromatic rings. The maximum atomic E-state index is 11.6. The first-order chi connectivity index (χ1) is 9.61. The van der Waals surface area contributed by atoms with Crippen LogP contribution in [0, 0.1) is 13.8 Å². The zero-order valence-corrected chi connectivity index (χ0v) is 11.6. The van der Waals surface area contributed by atoms with Gasteiger partial charge in [-0.2, -0.15) is 5.10 Å². The lowest BCUT2D eigenvalue weighted by molar-refractivity contribution is 0.414. The molecular formula is C14H16N4O2. The number of rotatable bonds is 4. The lowest BCUT2D eigenvalue weighted by Gasteiger charge is -2.04. The van der Waals surface area contributed by atoms with Gasteiger partial charge in [0.15, 0.2) is 0 Å². The van der Waals surface area contributed by atoms with Crippen molar-refractivity contribution in [2.45, 2.75) is 13.8 Å². The van der Waals surface area contributed by atoms with Gasteiger partial charge in [-0.1, -0.05) is 12.1 Å². The Morgan fingerprint density at radius 1 is 1.35 bits per heavy atom. The number of nitrogens with zero attached hydrogens (tertiary/aromatic N) is 2. The summed E-state index contributed by atoms with van der Waals surface area (Å²) in [6.07, 6.45) is 1.61. The molecule has 0 unspecified atom stereocenters. The quantitative estimate of drug-likeness (QED) is 0.657. The van der Waals surface area contributed by atoms with Crippen LogP contribution in [-0.2, 0) is 0 Å². The van der Waals surface area contributed by atoms with Gasteiger partial charge in [-0.05, 0) is 26.0 Å². The van der Waals surface area contributed by atoms with Crippen LogP contribution >= 0.6 is 0 Å². The Bertz CT molecular complexity index is 692. The van der Waals surface area contributed by atoms with Crippen molar-refractivity contribution < 1.29 is 4.74 Å². The first-order valence-electron chi connectivity index (χ1n) is 6.11. The number of aryl methyl sites for hydroxylation is 1. The minimum absolute atomic E-state index is 0.174. The number of anilines is 1. The third kappa shape index (κ3) is 3.03. The number of para-hydroxylation sites is 1. The number of aromatic amines is 1. The Balaban J connectivity index is 2.16. The monoisotopic (exact) mass is 272 g/mol. The second-order valence-corrected chi connectivity index (χ2v) is 4.24. The van der Waals surface area contributed by atoms with Gasteiger partial charge >= 0.3 is 0 Å². The van der Waals surface area contributed by atoms with Crippen LogP contribution in [0.2, 0.25) is 0 Å². The molecule has 0 amide bonds. The summed E-state index contributed by atoms with van der Waals surface area (Å²) in [5.41, 5.74) is 4.63. The van der Waals surface area contributed by atoms with Crippen LogP contribution in [0.1, 0.15) is 16.8 Å². The molecule has 0 spiro atoms. The lowest BCUT2D eigenvalue weighted by atomic mass is 10.2. The molecule has 0 saturated carbocycles. The number of nitrogens with one attached hydrogen (secondary N) is 2. The molecule has 20 heavy (non-hydrogen) atoms. The van der Waals surface area contributed by atoms with Crippen molar-refractivity contribution in [2.24, 2.45) is 5.10 Å². The standard InChI is InChI=1S/C14H16N4O2/c1-9-10(2)16-14(17-13(9)19)18-15-8-11-6-4-5-7-12(11)20-3/h4-8H,1-3H3,(H2,16,17,18,19)/b15-8-. The number of aromatic nitrogens is 2. The van der Waals surface area contributed by atoms with Crippen LogP contribution < -0.4 is 15.7 Å². The van der Waals surface area contributed by atoms with Crippen molar-refractivity contribution in [1.82, 2.24) is 9.97 Å². The molecule has 0 atom stereocenters. The van der Waals surface area contributed by atoms with Crippen molar-refractivity contribution in [1.29, 1.82) is 0 Å². The van der Waals surface area contributed by atoms with Crippen LogP contribution in [0.4, 0.5) is 5.95 Å². The van der Waals surface area contributed by atoms with E-state index in [9.17, 15) is 4.79 Å². The number of ether oxygens (including phenoxy) is 1. The zero-order valence-electron chi connectivity index (χ0n) is 11.6. The Labute approximate surface area is 116 Å². The number of methoxy groups -OCH3 is 1. The fraction of sp³-hybridized carbons (Fsp3) is 0.214. The molecule has 0 saturated heterocycles. The van der Waals surface area contributed by atoms with Gasteiger partial charge in [0, 0.05) is 16.8 Å². The van der Waals surface area contributed by atoms with E-state index in [0.717, 1.165) is 11.3 Å². The second-order valence-electron chi connectivity index (χ2n) is 4.24. The van der Waals surface area contributed by atoms with E-state index in [1.54, 1.807) is 27.2 Å². The number of hydrogen-bond acceptors (Lipinski definition) is 5. The van der Waals surface area contributed by atoms with E-state index in [1.165, 1.54) is 0 Å². The molecule has 6 heteroatoms. The van der Waals surface area contributed by atoms with Crippen molar-refractivity contribution in [3.05, 3.63) is 51.4 Å². The van der Waals surface area contributed by atoms with Crippen molar-refractivity contribution >= 4 is 12.2 Å². The summed E-state index contributed by atoms with van der Waals surface area (Å²) in [4.78, 5) is 18.4. The van der Waals surface area contributed by atoms with Crippen LogP contribution in [0.25, 0.3) is 0 Å². The Hall–Kier alpha value is -2.63. The molecule has 2 N–H and O–H groups in total. The highest BCUT2D eigenvalue weighted by molar-refractivity contribution is 5.83. The Kier molecular flexibility index (Phi) is 4.14. The van der Waals surface area contributed by atoms with Crippen molar-refractivity contribution in [2.75, 3.05) is 12.5 Å². The molecule has 1 aromatic heterocycles. The summed E-state index contributed by atoms with van der Waals surface area (Å²) in [6, 6.07) is 7.49. The summed E-state index contributed by atoms with van der Waals surface area (Å²) in [5.74, 6) is 1.03. The minimum Gasteiger partial charge on any atom is -0.496 e. The Morgan fingerprint density at radius 2 is 2.10 bits per heavy atom. The molecule has 1 aromatic carbocycles. The molecule has 2 rings (SSSR count). The number of benzene rings is 1. The van der Waals surface area contributed by atoms with Gasteiger partial charge in [0.05, 0.1) is 13.3 Å². The third-order valence-corrected chi connectivity index (χ3v) is 2.91. The van der Waals surface area contributed by atoms with Crippen LogP contribution in [-0.4, -0.2) is 23.3 Å². The number of hydrazone groups is 1. The van der Waals surface area contributed by atoms with Crippen molar-refractivity contribution in [3.8, 4) is 5.75 Å². The molecule has 1 heterocycles. The SMILES string of the molecule is COc1ccccc1/C=N\Nc1nc(C)c(C)c(=O)[nH]1. The molecular weight excluding hydrogens is 256 g/mol. The maximum absolute atomic E-state index is 11.6.